The van der Waals surface area contributed by atoms with Crippen LogP contribution in [-0.4, -0.2) is 36.3 Å². The van der Waals surface area contributed by atoms with Crippen LogP contribution in [0.1, 0.15) is 22.6 Å². The van der Waals surface area contributed by atoms with Gasteiger partial charge in [-0.25, -0.2) is 0 Å². The third-order valence-corrected chi connectivity index (χ3v) is 4.98. The molecule has 4 N–H and O–H groups in total. The molecule has 29 heavy (non-hydrogen) atoms. The highest BCUT2D eigenvalue weighted by Crippen LogP contribution is 2.33. The number of carbonyl (C=O) groups is 1. The first kappa shape index (κ1) is 20.1. The lowest BCUT2D eigenvalue weighted by Gasteiger charge is -2.36. The van der Waals surface area contributed by atoms with E-state index in [0.717, 1.165) is 17.3 Å². The Balaban J connectivity index is 1.88. The number of rotatable bonds is 6. The SMILES string of the molecule is CN/C=C(\C=[N-])[C@H]1CN(C(=O)/C(N)=C/C(=N)c2ccccc2)Cc2ccccc21. The van der Waals surface area contributed by atoms with Crippen molar-refractivity contribution in [1.29, 1.82) is 5.41 Å². The molecular weight excluding hydrogens is 362 g/mol. The Bertz CT molecular complexity index is 978. The monoisotopic (exact) mass is 386 g/mol. The Morgan fingerprint density at radius 1 is 1.21 bits per heavy atom. The highest BCUT2D eigenvalue weighted by Gasteiger charge is 2.29. The van der Waals surface area contributed by atoms with Crippen LogP contribution in [0.5, 0.6) is 0 Å². The summed E-state index contributed by atoms with van der Waals surface area (Å²) in [4.78, 5) is 14.7. The minimum absolute atomic E-state index is 0.0177. The van der Waals surface area contributed by atoms with E-state index in [-0.39, 0.29) is 23.2 Å². The van der Waals surface area contributed by atoms with E-state index < -0.39 is 0 Å². The van der Waals surface area contributed by atoms with Crippen LogP contribution in [0.15, 0.2) is 78.1 Å². The van der Waals surface area contributed by atoms with Crippen LogP contribution in [0.4, 0.5) is 0 Å². The third kappa shape index (κ3) is 4.43. The summed E-state index contributed by atoms with van der Waals surface area (Å²) < 4.78 is 0. The van der Waals surface area contributed by atoms with E-state index in [2.05, 4.69) is 5.32 Å². The zero-order valence-electron chi connectivity index (χ0n) is 16.3. The van der Waals surface area contributed by atoms with Gasteiger partial charge in [0.1, 0.15) is 0 Å². The summed E-state index contributed by atoms with van der Waals surface area (Å²) >= 11 is 0. The average molecular weight is 386 g/mol. The molecule has 1 heterocycles. The van der Waals surface area contributed by atoms with Crippen molar-refractivity contribution in [3.63, 3.8) is 0 Å². The lowest BCUT2D eigenvalue weighted by atomic mass is 9.85. The number of fused-ring (bicyclic) bond motifs is 1. The van der Waals surface area contributed by atoms with Crippen LogP contribution in [0, 0.1) is 5.41 Å². The smallest absolute Gasteiger partial charge is 0.270 e. The Morgan fingerprint density at radius 3 is 2.59 bits per heavy atom. The van der Waals surface area contributed by atoms with Gasteiger partial charge in [0, 0.05) is 26.1 Å². The fourth-order valence-electron chi connectivity index (χ4n) is 3.54. The number of nitrogens with one attached hydrogen (secondary N) is 2. The number of nitrogens with two attached hydrogens (primary N) is 1. The van der Waals surface area contributed by atoms with Gasteiger partial charge in [0.05, 0.1) is 11.4 Å². The Kier molecular flexibility index (Phi) is 6.24. The molecule has 148 valence electrons. The molecule has 2 aromatic carbocycles. The van der Waals surface area contributed by atoms with Crippen LogP contribution in [0.2, 0.25) is 0 Å². The highest BCUT2D eigenvalue weighted by atomic mass is 16.2. The predicted molar refractivity (Wildman–Crippen MR) is 117 cm³/mol. The van der Waals surface area contributed by atoms with E-state index in [0.29, 0.717) is 24.2 Å². The molecule has 1 amide bonds. The number of benzene rings is 2. The van der Waals surface area contributed by atoms with Crippen LogP contribution in [-0.2, 0) is 11.3 Å². The second kappa shape index (κ2) is 9.01. The van der Waals surface area contributed by atoms with Gasteiger partial charge in [-0.05, 0) is 34.5 Å². The first-order valence-electron chi connectivity index (χ1n) is 9.38. The van der Waals surface area contributed by atoms with Crippen molar-refractivity contribution in [2.75, 3.05) is 13.6 Å². The molecule has 0 saturated carbocycles. The summed E-state index contributed by atoms with van der Waals surface area (Å²) in [6.07, 6.45) is 4.19. The zero-order valence-corrected chi connectivity index (χ0v) is 16.3. The topological polar surface area (TPSA) is 105 Å². The number of hydrogen-bond donors (Lipinski definition) is 3. The minimum Gasteiger partial charge on any atom is -0.810 e. The molecule has 0 bridgehead atoms. The second-order valence-corrected chi connectivity index (χ2v) is 6.88. The van der Waals surface area contributed by atoms with Gasteiger partial charge >= 0.3 is 0 Å². The molecule has 1 aliphatic heterocycles. The largest absolute Gasteiger partial charge is 0.810 e. The Hall–Kier alpha value is -3.67. The van der Waals surface area contributed by atoms with Gasteiger partial charge in [0.15, 0.2) is 0 Å². The van der Waals surface area contributed by atoms with Gasteiger partial charge < -0.3 is 26.8 Å². The highest BCUT2D eigenvalue weighted by molar-refractivity contribution is 6.10. The molecule has 0 aliphatic carbocycles. The molecule has 2 aromatic rings. The third-order valence-electron chi connectivity index (χ3n) is 4.98. The molecule has 0 radical (unpaired) electrons. The van der Waals surface area contributed by atoms with Crippen LogP contribution < -0.4 is 11.1 Å². The molecule has 0 unspecified atom stereocenters. The molecule has 3 rings (SSSR count). The van der Waals surface area contributed by atoms with Crippen molar-refractivity contribution < 1.29 is 4.79 Å². The Labute approximate surface area is 170 Å². The summed E-state index contributed by atoms with van der Waals surface area (Å²) in [5, 5.41) is 20.8. The van der Waals surface area contributed by atoms with Gasteiger partial charge in [-0.1, -0.05) is 54.6 Å². The normalized spacial score (nSPS) is 16.7. The van der Waals surface area contributed by atoms with Crippen molar-refractivity contribution in [1.82, 2.24) is 10.2 Å². The summed E-state index contributed by atoms with van der Waals surface area (Å²) in [5.41, 5.74) is 9.72. The van der Waals surface area contributed by atoms with Gasteiger partial charge in [0.2, 0.25) is 0 Å². The molecular formula is C23H24N5O-. The molecule has 6 heteroatoms. The van der Waals surface area contributed by atoms with E-state index in [1.807, 2.05) is 42.5 Å². The number of hydrogen-bond acceptors (Lipinski definition) is 4. The number of nitrogens with zero attached hydrogens (tertiary/aromatic N) is 2. The quantitative estimate of drug-likeness (QED) is 0.525. The minimum atomic E-state index is -0.327. The average Bonchev–Trinajstić information content (AvgIpc) is 2.76. The summed E-state index contributed by atoms with van der Waals surface area (Å²) in [7, 11) is 1.76. The van der Waals surface area contributed by atoms with Gasteiger partial charge in [-0.15, -0.1) is 0 Å². The predicted octanol–water partition coefficient (Wildman–Crippen LogP) is 2.77. The van der Waals surface area contributed by atoms with Crippen molar-refractivity contribution in [3.05, 3.63) is 100 Å². The second-order valence-electron chi connectivity index (χ2n) is 6.88. The van der Waals surface area contributed by atoms with E-state index in [4.69, 9.17) is 11.1 Å². The van der Waals surface area contributed by atoms with Gasteiger partial charge in [-0.3, -0.25) is 4.79 Å². The maximum Gasteiger partial charge on any atom is 0.270 e. The lowest BCUT2D eigenvalue weighted by Crippen LogP contribution is -2.41. The van der Waals surface area contributed by atoms with Crippen LogP contribution >= 0.6 is 0 Å². The maximum absolute atomic E-state index is 13.0. The van der Waals surface area contributed by atoms with Gasteiger partial charge in [-0.2, -0.15) is 6.21 Å². The van der Waals surface area contributed by atoms with E-state index >= 15 is 0 Å². The number of amides is 1. The van der Waals surface area contributed by atoms with Crippen LogP contribution in [0.3, 0.4) is 0 Å². The fraction of sp³-hybridized carbons (Fsp3) is 0.174. The fourth-order valence-corrected chi connectivity index (χ4v) is 3.54. The molecule has 1 atom stereocenters. The van der Waals surface area contributed by atoms with E-state index in [9.17, 15) is 10.2 Å². The van der Waals surface area contributed by atoms with Crippen molar-refractivity contribution >= 4 is 17.8 Å². The van der Waals surface area contributed by atoms with E-state index in [1.54, 1.807) is 30.3 Å². The summed E-state index contributed by atoms with van der Waals surface area (Å²) in [6, 6.07) is 17.0. The lowest BCUT2D eigenvalue weighted by molar-refractivity contribution is -0.128. The Morgan fingerprint density at radius 2 is 1.90 bits per heavy atom. The molecule has 0 saturated heterocycles. The van der Waals surface area contributed by atoms with Crippen molar-refractivity contribution in [3.8, 4) is 0 Å². The summed E-state index contributed by atoms with van der Waals surface area (Å²) in [5.74, 6) is -0.505. The van der Waals surface area contributed by atoms with Crippen molar-refractivity contribution in [2.45, 2.75) is 12.5 Å². The zero-order chi connectivity index (χ0) is 20.8. The molecule has 0 spiro atoms. The molecule has 1 aliphatic rings. The maximum atomic E-state index is 13.0. The van der Waals surface area contributed by atoms with E-state index in [1.165, 1.54) is 6.08 Å². The van der Waals surface area contributed by atoms with Crippen molar-refractivity contribution in [2.24, 2.45) is 5.73 Å². The molecule has 0 aromatic heterocycles. The van der Waals surface area contributed by atoms with Crippen LogP contribution in [0.25, 0.3) is 5.41 Å². The first-order valence-corrected chi connectivity index (χ1v) is 9.38. The van der Waals surface area contributed by atoms with Gasteiger partial charge in [0.25, 0.3) is 5.91 Å². The molecule has 6 nitrogen and oxygen atoms in total. The standard InChI is InChI=1S/C23H24N5O/c1-27-13-18(12-24)20-15-28(14-17-9-5-6-10-19(17)20)23(29)22(26)11-21(25)16-7-3-2-4-8-16/h2-13,20,25,27H,14-15,26H2,1H3/q-1/b18-13+,22-11-,25-21?/t20-/m1/s1. The number of allylic oxidation sites excluding steroid dienone is 1. The first-order chi connectivity index (χ1) is 14.0. The number of carbonyl (C=O) groups excluding carboxylic acids is 1. The molecule has 0 fully saturated rings. The summed E-state index contributed by atoms with van der Waals surface area (Å²) in [6.45, 7) is 0.810.